The standard InChI is InChI=1S/C15H19BrFNO/c16-12-9-6-10-13(17)14(12)15(19)18-11-7-4-2-1-3-5-8-11/h6,9-11H,1-5,7-8H2,(H,18,19). The summed E-state index contributed by atoms with van der Waals surface area (Å²) in [6.45, 7) is 0. The lowest BCUT2D eigenvalue weighted by Gasteiger charge is -2.21. The fourth-order valence-corrected chi connectivity index (χ4v) is 3.09. The Kier molecular flexibility index (Phi) is 5.37. The van der Waals surface area contributed by atoms with Crippen LogP contribution in [-0.2, 0) is 0 Å². The second kappa shape index (κ2) is 7.04. The molecule has 1 aliphatic rings. The minimum Gasteiger partial charge on any atom is -0.349 e. The predicted octanol–water partition coefficient (Wildman–Crippen LogP) is 4.43. The van der Waals surface area contributed by atoms with Crippen molar-refractivity contribution in [2.45, 2.75) is 51.0 Å². The zero-order valence-corrected chi connectivity index (χ0v) is 12.5. The Morgan fingerprint density at radius 3 is 2.42 bits per heavy atom. The summed E-state index contributed by atoms with van der Waals surface area (Å²) >= 11 is 3.24. The second-order valence-electron chi connectivity index (χ2n) is 5.11. The predicted molar refractivity (Wildman–Crippen MR) is 77.7 cm³/mol. The molecule has 0 spiro atoms. The summed E-state index contributed by atoms with van der Waals surface area (Å²) in [6, 6.07) is 4.78. The largest absolute Gasteiger partial charge is 0.349 e. The van der Waals surface area contributed by atoms with E-state index in [4.69, 9.17) is 0 Å². The third kappa shape index (κ3) is 4.03. The average Bonchev–Trinajstić information content (AvgIpc) is 2.32. The summed E-state index contributed by atoms with van der Waals surface area (Å²) in [6.07, 6.45) is 8.04. The number of rotatable bonds is 2. The molecule has 0 heterocycles. The van der Waals surface area contributed by atoms with Crippen LogP contribution in [0.1, 0.15) is 55.3 Å². The quantitative estimate of drug-likeness (QED) is 0.855. The maximum Gasteiger partial charge on any atom is 0.255 e. The maximum atomic E-state index is 13.7. The van der Waals surface area contributed by atoms with E-state index in [0.717, 1.165) is 25.7 Å². The lowest BCUT2D eigenvalue weighted by Crippen LogP contribution is -2.35. The molecule has 1 saturated carbocycles. The number of carbonyl (C=O) groups excluding carboxylic acids is 1. The minimum atomic E-state index is -0.474. The van der Waals surface area contributed by atoms with Gasteiger partial charge in [0, 0.05) is 10.5 Å². The van der Waals surface area contributed by atoms with Crippen LogP contribution in [-0.4, -0.2) is 11.9 Å². The highest BCUT2D eigenvalue weighted by Crippen LogP contribution is 2.21. The van der Waals surface area contributed by atoms with Crippen LogP contribution in [0.4, 0.5) is 4.39 Å². The summed E-state index contributed by atoms with van der Waals surface area (Å²) in [5, 5.41) is 2.98. The van der Waals surface area contributed by atoms with Gasteiger partial charge in [-0.05, 0) is 40.9 Å². The van der Waals surface area contributed by atoms with Gasteiger partial charge in [0.05, 0.1) is 5.56 Å². The van der Waals surface area contributed by atoms with Crippen LogP contribution >= 0.6 is 15.9 Å². The summed E-state index contributed by atoms with van der Waals surface area (Å²) in [5.74, 6) is -0.784. The first-order chi connectivity index (χ1) is 9.18. The van der Waals surface area contributed by atoms with Crippen molar-refractivity contribution in [3.05, 3.63) is 34.1 Å². The molecule has 19 heavy (non-hydrogen) atoms. The number of hydrogen-bond acceptors (Lipinski definition) is 1. The molecule has 0 aliphatic heterocycles. The number of halogens is 2. The maximum absolute atomic E-state index is 13.7. The molecule has 1 aromatic rings. The van der Waals surface area contributed by atoms with Crippen molar-refractivity contribution in [3.8, 4) is 0 Å². The molecule has 1 N–H and O–H groups in total. The van der Waals surface area contributed by atoms with Crippen molar-refractivity contribution in [2.24, 2.45) is 0 Å². The van der Waals surface area contributed by atoms with Gasteiger partial charge in [0.2, 0.25) is 0 Å². The molecule has 2 nitrogen and oxygen atoms in total. The first-order valence-corrected chi connectivity index (χ1v) is 7.72. The van der Waals surface area contributed by atoms with Crippen LogP contribution in [0.15, 0.2) is 22.7 Å². The van der Waals surface area contributed by atoms with Gasteiger partial charge in [-0.2, -0.15) is 0 Å². The monoisotopic (exact) mass is 327 g/mol. The summed E-state index contributed by atoms with van der Waals surface area (Å²) in [5.41, 5.74) is 0.115. The summed E-state index contributed by atoms with van der Waals surface area (Å²) in [7, 11) is 0. The van der Waals surface area contributed by atoms with Crippen LogP contribution in [0.2, 0.25) is 0 Å². The molecule has 0 atom stereocenters. The Labute approximate surface area is 121 Å². The molecule has 0 bridgehead atoms. The Balaban J connectivity index is 2.03. The molecule has 1 fully saturated rings. The molecule has 1 aromatic carbocycles. The van der Waals surface area contributed by atoms with E-state index in [1.807, 2.05) is 0 Å². The number of amides is 1. The highest BCUT2D eigenvalue weighted by molar-refractivity contribution is 9.10. The Morgan fingerprint density at radius 2 is 1.79 bits per heavy atom. The highest BCUT2D eigenvalue weighted by atomic mass is 79.9. The van der Waals surface area contributed by atoms with E-state index in [0.29, 0.717) is 4.47 Å². The van der Waals surface area contributed by atoms with Gasteiger partial charge < -0.3 is 5.32 Å². The fraction of sp³-hybridized carbons (Fsp3) is 0.533. The number of nitrogens with one attached hydrogen (secondary N) is 1. The molecule has 1 aliphatic carbocycles. The normalized spacial score (nSPS) is 17.6. The van der Waals surface area contributed by atoms with E-state index in [2.05, 4.69) is 21.2 Å². The van der Waals surface area contributed by atoms with Crippen molar-refractivity contribution >= 4 is 21.8 Å². The zero-order chi connectivity index (χ0) is 13.7. The second-order valence-corrected chi connectivity index (χ2v) is 5.97. The SMILES string of the molecule is O=C(NC1CCCCCCC1)c1c(F)cccc1Br. The molecule has 2 rings (SSSR count). The van der Waals surface area contributed by atoms with Gasteiger partial charge in [-0.15, -0.1) is 0 Å². The topological polar surface area (TPSA) is 29.1 Å². The molecular formula is C15H19BrFNO. The first-order valence-electron chi connectivity index (χ1n) is 6.93. The van der Waals surface area contributed by atoms with Gasteiger partial charge in [-0.3, -0.25) is 4.79 Å². The van der Waals surface area contributed by atoms with Gasteiger partial charge in [-0.1, -0.05) is 38.2 Å². The van der Waals surface area contributed by atoms with Gasteiger partial charge in [0.15, 0.2) is 0 Å². The van der Waals surface area contributed by atoms with Gasteiger partial charge in [-0.25, -0.2) is 4.39 Å². The molecule has 104 valence electrons. The fourth-order valence-electron chi connectivity index (χ4n) is 2.57. The van der Waals surface area contributed by atoms with Crippen molar-refractivity contribution in [2.75, 3.05) is 0 Å². The van der Waals surface area contributed by atoms with E-state index in [1.54, 1.807) is 12.1 Å². The lowest BCUT2D eigenvalue weighted by atomic mass is 9.96. The van der Waals surface area contributed by atoms with Crippen LogP contribution in [0.5, 0.6) is 0 Å². The van der Waals surface area contributed by atoms with Crippen LogP contribution in [0.25, 0.3) is 0 Å². The number of benzene rings is 1. The van der Waals surface area contributed by atoms with Crippen LogP contribution < -0.4 is 5.32 Å². The molecule has 4 heteroatoms. The van der Waals surface area contributed by atoms with Crippen LogP contribution in [0.3, 0.4) is 0 Å². The third-order valence-corrected chi connectivity index (χ3v) is 4.29. The van der Waals surface area contributed by atoms with Gasteiger partial charge in [0.1, 0.15) is 5.82 Å². The molecule has 0 radical (unpaired) electrons. The van der Waals surface area contributed by atoms with E-state index < -0.39 is 5.82 Å². The minimum absolute atomic E-state index is 0.115. The average molecular weight is 328 g/mol. The molecular weight excluding hydrogens is 309 g/mol. The smallest absolute Gasteiger partial charge is 0.255 e. The van der Waals surface area contributed by atoms with E-state index in [-0.39, 0.29) is 17.5 Å². The van der Waals surface area contributed by atoms with Gasteiger partial charge in [0.25, 0.3) is 5.91 Å². The molecule has 0 saturated heterocycles. The highest BCUT2D eigenvalue weighted by Gasteiger charge is 2.19. The third-order valence-electron chi connectivity index (χ3n) is 3.63. The molecule has 1 amide bonds. The Morgan fingerprint density at radius 1 is 1.16 bits per heavy atom. The van der Waals surface area contributed by atoms with Gasteiger partial charge >= 0.3 is 0 Å². The van der Waals surface area contributed by atoms with Crippen molar-refractivity contribution < 1.29 is 9.18 Å². The van der Waals surface area contributed by atoms with E-state index >= 15 is 0 Å². The number of hydrogen-bond donors (Lipinski definition) is 1. The van der Waals surface area contributed by atoms with E-state index in [9.17, 15) is 9.18 Å². The Hall–Kier alpha value is -0.900. The molecule has 0 aromatic heterocycles. The number of carbonyl (C=O) groups is 1. The molecule has 0 unspecified atom stereocenters. The zero-order valence-electron chi connectivity index (χ0n) is 10.9. The van der Waals surface area contributed by atoms with E-state index in [1.165, 1.54) is 25.3 Å². The van der Waals surface area contributed by atoms with Crippen molar-refractivity contribution in [1.82, 2.24) is 5.32 Å². The van der Waals surface area contributed by atoms with Crippen molar-refractivity contribution in [1.29, 1.82) is 0 Å². The summed E-state index contributed by atoms with van der Waals surface area (Å²) < 4.78 is 14.2. The van der Waals surface area contributed by atoms with Crippen LogP contribution in [0, 0.1) is 5.82 Å². The van der Waals surface area contributed by atoms with Crippen molar-refractivity contribution in [3.63, 3.8) is 0 Å². The first kappa shape index (κ1) is 14.5. The lowest BCUT2D eigenvalue weighted by molar-refractivity contribution is 0.0925. The Bertz CT molecular complexity index is 422. The summed E-state index contributed by atoms with van der Waals surface area (Å²) in [4.78, 5) is 12.2.